The zero-order valence-electron chi connectivity index (χ0n) is 9.34. The number of hydrogen-bond donors (Lipinski definition) is 1. The van der Waals surface area contributed by atoms with Crippen molar-refractivity contribution in [3.63, 3.8) is 0 Å². The fourth-order valence-electron chi connectivity index (χ4n) is 1.59. The number of thioether (sulfide) groups is 1. The first-order valence-electron chi connectivity index (χ1n) is 5.10. The van der Waals surface area contributed by atoms with E-state index >= 15 is 0 Å². The average molecular weight is 241 g/mol. The van der Waals surface area contributed by atoms with E-state index < -0.39 is 0 Å². The highest BCUT2D eigenvalue weighted by Crippen LogP contribution is 2.26. The van der Waals surface area contributed by atoms with E-state index in [2.05, 4.69) is 10.3 Å². The standard InChI is InChI=1S/C13H11N3S/c1-17-13(15-9-14)16-12-8-4-6-10-5-2-3-7-11(10)12/h2-8H,1H3,(H,15,16). The molecule has 0 saturated carbocycles. The van der Waals surface area contributed by atoms with E-state index in [-0.39, 0.29) is 0 Å². The third-order valence-corrected chi connectivity index (χ3v) is 2.92. The molecule has 2 rings (SSSR count). The minimum atomic E-state index is 0.601. The minimum absolute atomic E-state index is 0.601. The largest absolute Gasteiger partial charge is 0.271 e. The Morgan fingerprint density at radius 2 is 2.00 bits per heavy atom. The Balaban J connectivity index is 2.52. The molecule has 2 aromatic rings. The molecule has 2 aromatic carbocycles. The van der Waals surface area contributed by atoms with Crippen LogP contribution < -0.4 is 5.32 Å². The number of rotatable bonds is 1. The van der Waals surface area contributed by atoms with E-state index in [4.69, 9.17) is 5.26 Å². The molecule has 4 heteroatoms. The molecule has 0 radical (unpaired) electrons. The van der Waals surface area contributed by atoms with Gasteiger partial charge >= 0.3 is 0 Å². The number of nitriles is 1. The molecule has 0 saturated heterocycles. The Hall–Kier alpha value is -1.99. The van der Waals surface area contributed by atoms with Gasteiger partial charge in [0.05, 0.1) is 5.69 Å². The van der Waals surface area contributed by atoms with Crippen molar-refractivity contribution >= 4 is 33.4 Å². The number of hydrogen-bond acceptors (Lipinski definition) is 3. The van der Waals surface area contributed by atoms with Crippen LogP contribution >= 0.6 is 11.8 Å². The molecule has 0 aliphatic carbocycles. The van der Waals surface area contributed by atoms with Crippen LogP contribution in [0.15, 0.2) is 47.5 Å². The van der Waals surface area contributed by atoms with Crippen molar-refractivity contribution in [1.29, 1.82) is 5.26 Å². The highest BCUT2D eigenvalue weighted by Gasteiger charge is 2.00. The fourth-order valence-corrected chi connectivity index (χ4v) is 1.92. The van der Waals surface area contributed by atoms with E-state index in [1.54, 1.807) is 0 Å². The summed E-state index contributed by atoms with van der Waals surface area (Å²) in [5.74, 6) is 0. The van der Waals surface area contributed by atoms with Crippen molar-refractivity contribution in [2.45, 2.75) is 0 Å². The zero-order valence-corrected chi connectivity index (χ0v) is 10.2. The van der Waals surface area contributed by atoms with E-state index in [1.165, 1.54) is 11.8 Å². The van der Waals surface area contributed by atoms with Gasteiger partial charge in [0.15, 0.2) is 11.4 Å². The fraction of sp³-hybridized carbons (Fsp3) is 0.0769. The number of nitrogens with zero attached hydrogens (tertiary/aromatic N) is 2. The second-order valence-electron chi connectivity index (χ2n) is 3.36. The van der Waals surface area contributed by atoms with E-state index in [1.807, 2.05) is 54.9 Å². The summed E-state index contributed by atoms with van der Waals surface area (Å²) in [4.78, 5) is 4.44. The van der Waals surface area contributed by atoms with Crippen LogP contribution in [0.1, 0.15) is 0 Å². The van der Waals surface area contributed by atoms with Crippen LogP contribution in [0.25, 0.3) is 10.8 Å². The third-order valence-electron chi connectivity index (χ3n) is 2.34. The highest BCUT2D eigenvalue weighted by atomic mass is 32.2. The summed E-state index contributed by atoms with van der Waals surface area (Å²) < 4.78 is 0. The second kappa shape index (κ2) is 5.37. The Labute approximate surface area is 104 Å². The van der Waals surface area contributed by atoms with Crippen LogP contribution in [0.3, 0.4) is 0 Å². The number of aliphatic imine (C=N–C) groups is 1. The molecule has 0 spiro atoms. The lowest BCUT2D eigenvalue weighted by molar-refractivity contribution is 1.28. The van der Waals surface area contributed by atoms with Crippen LogP contribution in [0, 0.1) is 11.5 Å². The zero-order chi connectivity index (χ0) is 12.1. The molecule has 0 unspecified atom stereocenters. The lowest BCUT2D eigenvalue weighted by Crippen LogP contribution is -2.12. The molecule has 1 N–H and O–H groups in total. The molecule has 0 fully saturated rings. The maximum absolute atomic E-state index is 8.60. The van der Waals surface area contributed by atoms with E-state index in [9.17, 15) is 0 Å². The molecule has 0 heterocycles. The molecule has 17 heavy (non-hydrogen) atoms. The smallest absolute Gasteiger partial charge is 0.183 e. The Morgan fingerprint density at radius 1 is 1.24 bits per heavy atom. The van der Waals surface area contributed by atoms with Crippen molar-refractivity contribution in [2.75, 3.05) is 6.26 Å². The SMILES string of the molecule is CSC(=Nc1cccc2ccccc12)NC#N. The second-order valence-corrected chi connectivity index (χ2v) is 4.15. The minimum Gasteiger partial charge on any atom is -0.271 e. The first kappa shape index (κ1) is 11.5. The van der Waals surface area contributed by atoms with Crippen molar-refractivity contribution in [3.8, 4) is 6.19 Å². The normalized spacial score (nSPS) is 11.2. The summed E-state index contributed by atoms with van der Waals surface area (Å²) in [7, 11) is 0. The molecule has 0 aliphatic rings. The number of nitrogens with one attached hydrogen (secondary N) is 1. The van der Waals surface area contributed by atoms with Crippen molar-refractivity contribution in [3.05, 3.63) is 42.5 Å². The summed E-state index contributed by atoms with van der Waals surface area (Å²) >= 11 is 1.41. The number of benzene rings is 2. The van der Waals surface area contributed by atoms with Crippen molar-refractivity contribution in [2.24, 2.45) is 4.99 Å². The summed E-state index contributed by atoms with van der Waals surface area (Å²) in [5, 5.41) is 14.0. The number of fused-ring (bicyclic) bond motifs is 1. The average Bonchev–Trinajstić information content (AvgIpc) is 2.38. The van der Waals surface area contributed by atoms with Gasteiger partial charge < -0.3 is 0 Å². The van der Waals surface area contributed by atoms with Gasteiger partial charge in [-0.2, -0.15) is 5.26 Å². The molecule has 3 nitrogen and oxygen atoms in total. The summed E-state index contributed by atoms with van der Waals surface area (Å²) in [6, 6.07) is 14.0. The number of amidine groups is 1. The summed E-state index contributed by atoms with van der Waals surface area (Å²) in [6.07, 6.45) is 3.77. The predicted octanol–water partition coefficient (Wildman–Crippen LogP) is 3.26. The van der Waals surface area contributed by atoms with E-state index in [0.29, 0.717) is 5.17 Å². The lowest BCUT2D eigenvalue weighted by Gasteiger charge is -2.03. The van der Waals surface area contributed by atoms with Gasteiger partial charge in [0.1, 0.15) is 0 Å². The monoisotopic (exact) mass is 241 g/mol. The van der Waals surface area contributed by atoms with Crippen molar-refractivity contribution < 1.29 is 0 Å². The van der Waals surface area contributed by atoms with Crippen molar-refractivity contribution in [1.82, 2.24) is 5.32 Å². The van der Waals surface area contributed by atoms with Crippen LogP contribution in [0.5, 0.6) is 0 Å². The van der Waals surface area contributed by atoms with Gasteiger partial charge in [0, 0.05) is 5.39 Å². The first-order valence-corrected chi connectivity index (χ1v) is 6.33. The molecule has 0 atom stereocenters. The molecular weight excluding hydrogens is 230 g/mol. The topological polar surface area (TPSA) is 48.2 Å². The Bertz CT molecular complexity index is 594. The maximum atomic E-state index is 8.60. The van der Waals surface area contributed by atoms with Gasteiger partial charge in [-0.05, 0) is 17.7 Å². The quantitative estimate of drug-likeness (QED) is 0.361. The summed E-state index contributed by atoms with van der Waals surface area (Å²) in [5.41, 5.74) is 0.871. The van der Waals surface area contributed by atoms with Gasteiger partial charge in [-0.15, -0.1) is 0 Å². The van der Waals surface area contributed by atoms with E-state index in [0.717, 1.165) is 16.5 Å². The third kappa shape index (κ3) is 2.58. The maximum Gasteiger partial charge on any atom is 0.183 e. The summed E-state index contributed by atoms with van der Waals surface area (Å²) in [6.45, 7) is 0. The van der Waals surface area contributed by atoms with Gasteiger partial charge in [0.2, 0.25) is 0 Å². The van der Waals surface area contributed by atoms with Gasteiger partial charge in [0.25, 0.3) is 0 Å². The Morgan fingerprint density at radius 3 is 2.76 bits per heavy atom. The van der Waals surface area contributed by atoms with Crippen LogP contribution in [-0.4, -0.2) is 11.4 Å². The lowest BCUT2D eigenvalue weighted by atomic mass is 10.1. The Kier molecular flexibility index (Phi) is 3.63. The van der Waals surface area contributed by atoms with Gasteiger partial charge in [-0.1, -0.05) is 48.2 Å². The molecular formula is C13H11N3S. The van der Waals surface area contributed by atoms with Crippen LogP contribution in [0.2, 0.25) is 0 Å². The molecule has 0 amide bonds. The highest BCUT2D eigenvalue weighted by molar-refractivity contribution is 8.13. The molecule has 0 bridgehead atoms. The van der Waals surface area contributed by atoms with Crippen LogP contribution in [-0.2, 0) is 0 Å². The van der Waals surface area contributed by atoms with Crippen LogP contribution in [0.4, 0.5) is 5.69 Å². The van der Waals surface area contributed by atoms with Gasteiger partial charge in [-0.3, -0.25) is 5.32 Å². The molecule has 0 aliphatic heterocycles. The predicted molar refractivity (Wildman–Crippen MR) is 73.3 cm³/mol. The molecule has 84 valence electrons. The molecule has 0 aromatic heterocycles. The first-order chi connectivity index (χ1) is 8.35. The van der Waals surface area contributed by atoms with Gasteiger partial charge in [-0.25, -0.2) is 4.99 Å².